The van der Waals surface area contributed by atoms with Crippen molar-refractivity contribution in [1.82, 2.24) is 10.2 Å². The van der Waals surface area contributed by atoms with Crippen molar-refractivity contribution in [3.63, 3.8) is 0 Å². The van der Waals surface area contributed by atoms with E-state index in [9.17, 15) is 18.8 Å². The summed E-state index contributed by atoms with van der Waals surface area (Å²) in [5.41, 5.74) is 0.467. The number of benzene rings is 1. The van der Waals surface area contributed by atoms with E-state index >= 15 is 0 Å². The molecule has 0 unspecified atom stereocenters. The Morgan fingerprint density at radius 2 is 1.83 bits per heavy atom. The van der Waals surface area contributed by atoms with Gasteiger partial charge in [-0.05, 0) is 38.5 Å². The number of thiophene rings is 1. The van der Waals surface area contributed by atoms with Crippen molar-refractivity contribution < 1.29 is 37.4 Å². The number of anilines is 1. The summed E-state index contributed by atoms with van der Waals surface area (Å²) in [4.78, 5) is 37.4. The molecule has 2 aromatic heterocycles. The van der Waals surface area contributed by atoms with Crippen LogP contribution in [-0.4, -0.2) is 47.0 Å². The highest BCUT2D eigenvalue weighted by Gasteiger charge is 2.27. The van der Waals surface area contributed by atoms with Gasteiger partial charge in [-0.1, -0.05) is 23.9 Å². The molecule has 0 fully saturated rings. The third-order valence-electron chi connectivity index (χ3n) is 4.30. The topological polar surface area (TPSA) is 130 Å². The molecule has 0 radical (unpaired) electrons. The monoisotopic (exact) mass is 523 g/mol. The van der Waals surface area contributed by atoms with Gasteiger partial charge in [0.2, 0.25) is 5.91 Å². The molecule has 13 heteroatoms. The highest BCUT2D eigenvalue weighted by molar-refractivity contribution is 7.99. The fourth-order valence-corrected chi connectivity index (χ4v) is 4.47. The van der Waals surface area contributed by atoms with Crippen molar-refractivity contribution in [2.45, 2.75) is 32.6 Å². The molecule has 0 bridgehead atoms. The smallest absolute Gasteiger partial charge is 0.348 e. The number of hydrogen-bond donors (Lipinski definition) is 1. The molecule has 0 spiro atoms. The first-order valence-electron chi connectivity index (χ1n) is 10.4. The number of nitrogens with zero attached hydrogens (tertiary/aromatic N) is 2. The number of para-hydroxylation sites is 1. The largest absolute Gasteiger partial charge is 0.481 e. The minimum Gasteiger partial charge on any atom is -0.481 e. The highest BCUT2D eigenvalue weighted by Crippen LogP contribution is 2.34. The maximum absolute atomic E-state index is 13.6. The van der Waals surface area contributed by atoms with Crippen molar-refractivity contribution in [2.24, 2.45) is 0 Å². The van der Waals surface area contributed by atoms with Crippen LogP contribution in [0.1, 0.15) is 45.3 Å². The second-order valence-electron chi connectivity index (χ2n) is 6.72. The van der Waals surface area contributed by atoms with Crippen LogP contribution in [0.5, 0.6) is 5.75 Å². The summed E-state index contributed by atoms with van der Waals surface area (Å²) in [7, 11) is 0. The minimum atomic E-state index is -0.656. The molecule has 0 saturated heterocycles. The highest BCUT2D eigenvalue weighted by atomic mass is 32.2. The molecule has 186 valence electrons. The summed E-state index contributed by atoms with van der Waals surface area (Å²) in [6.07, 6.45) is 0. The molecule has 0 aliphatic heterocycles. The molecule has 3 aromatic rings. The molecular weight excluding hydrogens is 501 g/mol. The van der Waals surface area contributed by atoms with Crippen LogP contribution in [0, 0.1) is 12.7 Å². The zero-order valence-electron chi connectivity index (χ0n) is 19.1. The van der Waals surface area contributed by atoms with Gasteiger partial charge in [0, 0.05) is 0 Å². The fourth-order valence-electron chi connectivity index (χ4n) is 2.79. The lowest BCUT2D eigenvalue weighted by Crippen LogP contribution is -2.16. The Hall–Kier alpha value is -3.45. The van der Waals surface area contributed by atoms with E-state index in [0.29, 0.717) is 5.56 Å². The maximum Gasteiger partial charge on any atom is 0.348 e. The Bertz CT molecular complexity index is 1210. The predicted molar refractivity (Wildman–Crippen MR) is 125 cm³/mol. The number of ether oxygens (including phenoxy) is 3. The van der Waals surface area contributed by atoms with Gasteiger partial charge in [0.25, 0.3) is 11.1 Å². The molecular formula is C22H22FN3O7S2. The van der Waals surface area contributed by atoms with Gasteiger partial charge in [-0.25, -0.2) is 14.0 Å². The first kappa shape index (κ1) is 26.2. The summed E-state index contributed by atoms with van der Waals surface area (Å²) in [6, 6.07) is 5.90. The predicted octanol–water partition coefficient (Wildman–Crippen LogP) is 4.24. The van der Waals surface area contributed by atoms with Crippen molar-refractivity contribution in [3.05, 3.63) is 52.0 Å². The molecule has 0 aliphatic carbocycles. The lowest BCUT2D eigenvalue weighted by molar-refractivity contribution is -0.113. The second-order valence-corrected chi connectivity index (χ2v) is 8.67. The van der Waals surface area contributed by atoms with Crippen LogP contribution in [-0.2, 0) is 20.9 Å². The average Bonchev–Trinajstić information content (AvgIpc) is 3.41. The number of carbonyl (C=O) groups is 3. The maximum atomic E-state index is 13.6. The molecule has 0 saturated carbocycles. The number of carbonyl (C=O) groups excluding carboxylic acids is 3. The molecule has 2 heterocycles. The number of nitrogens with one attached hydrogen (secondary N) is 1. The Morgan fingerprint density at radius 3 is 2.54 bits per heavy atom. The summed E-state index contributed by atoms with van der Waals surface area (Å²) in [6.45, 7) is 5.06. The van der Waals surface area contributed by atoms with E-state index in [-0.39, 0.29) is 57.9 Å². The van der Waals surface area contributed by atoms with Crippen LogP contribution < -0.4 is 10.1 Å². The van der Waals surface area contributed by atoms with E-state index in [1.807, 2.05) is 0 Å². The molecule has 1 aromatic carbocycles. The number of halogens is 1. The van der Waals surface area contributed by atoms with Gasteiger partial charge < -0.3 is 23.9 Å². The SMILES string of the molecule is CCOC(=O)c1sc(NC(=O)CSc2nnc(COc3ccccc3F)o2)c(C(=O)OCC)c1C. The van der Waals surface area contributed by atoms with Gasteiger partial charge >= 0.3 is 11.9 Å². The Morgan fingerprint density at radius 1 is 1.11 bits per heavy atom. The summed E-state index contributed by atoms with van der Waals surface area (Å²) >= 11 is 1.89. The fraction of sp³-hybridized carbons (Fsp3) is 0.318. The summed E-state index contributed by atoms with van der Waals surface area (Å²) < 4.78 is 34.4. The molecule has 0 aliphatic rings. The lowest BCUT2D eigenvalue weighted by Gasteiger charge is -2.06. The standard InChI is InChI=1S/C22H22FN3O7S2/c1-4-30-20(28)17-12(3)18(21(29)31-5-2)35-19(17)24-15(27)11-34-22-26-25-16(33-22)10-32-14-9-7-6-8-13(14)23/h6-9H,4-5,10-11H2,1-3H3,(H,24,27). The minimum absolute atomic E-state index is 0.0464. The van der Waals surface area contributed by atoms with Crippen LogP contribution >= 0.6 is 23.1 Å². The van der Waals surface area contributed by atoms with E-state index in [0.717, 1.165) is 23.1 Å². The van der Waals surface area contributed by atoms with Crippen LogP contribution in [0.25, 0.3) is 0 Å². The van der Waals surface area contributed by atoms with Crippen LogP contribution in [0.2, 0.25) is 0 Å². The third kappa shape index (κ3) is 6.79. The first-order chi connectivity index (χ1) is 16.8. The molecule has 1 N–H and O–H groups in total. The molecule has 0 atom stereocenters. The first-order valence-corrected chi connectivity index (χ1v) is 12.2. The van der Waals surface area contributed by atoms with Crippen LogP contribution in [0.4, 0.5) is 9.39 Å². The van der Waals surface area contributed by atoms with Crippen molar-refractivity contribution in [1.29, 1.82) is 0 Å². The van der Waals surface area contributed by atoms with Gasteiger partial charge in [0.1, 0.15) is 9.88 Å². The van der Waals surface area contributed by atoms with Crippen molar-refractivity contribution >= 4 is 45.9 Å². The van der Waals surface area contributed by atoms with E-state index < -0.39 is 23.7 Å². The van der Waals surface area contributed by atoms with Crippen molar-refractivity contribution in [3.8, 4) is 5.75 Å². The quantitative estimate of drug-likeness (QED) is 0.288. The number of amides is 1. The van der Waals surface area contributed by atoms with Gasteiger partial charge in [0.05, 0.1) is 24.5 Å². The molecule has 10 nitrogen and oxygen atoms in total. The normalized spacial score (nSPS) is 10.6. The van der Waals surface area contributed by atoms with Gasteiger partial charge in [-0.15, -0.1) is 21.5 Å². The zero-order valence-corrected chi connectivity index (χ0v) is 20.7. The lowest BCUT2D eigenvalue weighted by atomic mass is 10.1. The molecule has 35 heavy (non-hydrogen) atoms. The van der Waals surface area contributed by atoms with Crippen molar-refractivity contribution in [2.75, 3.05) is 24.3 Å². The summed E-state index contributed by atoms with van der Waals surface area (Å²) in [5, 5.41) is 10.5. The average molecular weight is 524 g/mol. The van der Waals surface area contributed by atoms with Gasteiger partial charge in [-0.3, -0.25) is 4.79 Å². The Kier molecular flexibility index (Phi) is 9.20. The van der Waals surface area contributed by atoms with E-state index in [4.69, 9.17) is 18.6 Å². The zero-order chi connectivity index (χ0) is 25.4. The number of aromatic nitrogens is 2. The number of thioether (sulfide) groups is 1. The van der Waals surface area contributed by atoms with Crippen LogP contribution in [0.3, 0.4) is 0 Å². The van der Waals surface area contributed by atoms with Gasteiger partial charge in [-0.2, -0.15) is 0 Å². The Balaban J connectivity index is 1.62. The van der Waals surface area contributed by atoms with E-state index in [1.54, 1.807) is 32.9 Å². The number of hydrogen-bond acceptors (Lipinski definition) is 11. The van der Waals surface area contributed by atoms with E-state index in [2.05, 4.69) is 15.5 Å². The van der Waals surface area contributed by atoms with Gasteiger partial charge in [0.15, 0.2) is 18.2 Å². The van der Waals surface area contributed by atoms with E-state index in [1.165, 1.54) is 12.1 Å². The third-order valence-corrected chi connectivity index (χ3v) is 6.31. The number of rotatable bonds is 11. The second kappa shape index (κ2) is 12.3. The molecule has 3 rings (SSSR count). The number of esters is 2. The molecule has 1 amide bonds. The summed E-state index contributed by atoms with van der Waals surface area (Å²) in [5.74, 6) is -2.21. The Labute approximate surface area is 208 Å². The van der Waals surface area contributed by atoms with Crippen LogP contribution in [0.15, 0.2) is 33.9 Å².